The first-order chi connectivity index (χ1) is 9.87. The Kier molecular flexibility index (Phi) is 2.57. The number of nitrogens with zero attached hydrogens (tertiary/aromatic N) is 2. The number of hydrogen-bond acceptors (Lipinski definition) is 2. The van der Waals surface area contributed by atoms with E-state index in [1.54, 1.807) is 6.20 Å². The molecule has 0 amide bonds. The van der Waals surface area contributed by atoms with Crippen LogP contribution >= 0.6 is 0 Å². The van der Waals surface area contributed by atoms with E-state index < -0.39 is 0 Å². The summed E-state index contributed by atoms with van der Waals surface area (Å²) in [6.45, 7) is 7.75. The molecule has 0 aromatic carbocycles. The van der Waals surface area contributed by atoms with E-state index in [0.717, 1.165) is 31.7 Å². The largest absolute Gasteiger partial charge is 0.329 e. The van der Waals surface area contributed by atoms with Gasteiger partial charge in [-0.25, -0.2) is 4.98 Å². The fraction of sp³-hybridized carbons (Fsp3) is 0.778. The van der Waals surface area contributed by atoms with Crippen LogP contribution < -0.4 is 0 Å². The molecule has 0 radical (unpaired) electrons. The highest BCUT2D eigenvalue weighted by atomic mass is 16.1. The molecule has 4 bridgehead atoms. The van der Waals surface area contributed by atoms with Crippen LogP contribution in [0, 0.1) is 22.2 Å². The van der Waals surface area contributed by atoms with Crippen LogP contribution in [-0.2, 0) is 6.54 Å². The second-order valence-corrected chi connectivity index (χ2v) is 8.78. The number of ketones is 1. The van der Waals surface area contributed by atoms with E-state index in [4.69, 9.17) is 0 Å². The van der Waals surface area contributed by atoms with Gasteiger partial charge in [-0.1, -0.05) is 13.8 Å². The molecule has 1 aromatic rings. The third-order valence-electron chi connectivity index (χ3n) is 6.37. The summed E-state index contributed by atoms with van der Waals surface area (Å²) in [5.41, 5.74) is 0.641. The zero-order valence-electron chi connectivity index (χ0n) is 13.5. The summed E-state index contributed by atoms with van der Waals surface area (Å²) in [6, 6.07) is 0. The van der Waals surface area contributed by atoms with Crippen molar-refractivity contribution in [3.63, 3.8) is 0 Å². The number of aryl methyl sites for hydroxylation is 1. The lowest BCUT2D eigenvalue weighted by Gasteiger charge is -2.64. The Morgan fingerprint density at radius 3 is 2.48 bits per heavy atom. The summed E-state index contributed by atoms with van der Waals surface area (Å²) < 4.78 is 2.02. The Hall–Kier alpha value is -1.12. The third kappa shape index (κ3) is 1.85. The molecule has 1 aromatic heterocycles. The van der Waals surface area contributed by atoms with E-state index in [0.29, 0.717) is 22.4 Å². The lowest BCUT2D eigenvalue weighted by atomic mass is 9.39. The van der Waals surface area contributed by atoms with E-state index in [2.05, 4.69) is 25.8 Å². The minimum Gasteiger partial charge on any atom is -0.329 e. The topological polar surface area (TPSA) is 34.9 Å². The molecule has 0 spiro atoms. The first-order valence-electron chi connectivity index (χ1n) is 8.43. The number of rotatable bonds is 3. The van der Waals surface area contributed by atoms with Crippen molar-refractivity contribution in [3.05, 3.63) is 18.2 Å². The second-order valence-electron chi connectivity index (χ2n) is 8.78. The Balaban J connectivity index is 1.76. The molecule has 1 heterocycles. The molecule has 3 heteroatoms. The van der Waals surface area contributed by atoms with E-state index in [1.807, 2.05) is 10.8 Å². The zero-order chi connectivity index (χ0) is 14.9. The molecule has 4 saturated carbocycles. The molecule has 0 aliphatic heterocycles. The van der Waals surface area contributed by atoms with Crippen LogP contribution in [0.3, 0.4) is 0 Å². The third-order valence-corrected chi connectivity index (χ3v) is 6.37. The fourth-order valence-electron chi connectivity index (χ4n) is 6.71. The quantitative estimate of drug-likeness (QED) is 0.785. The molecule has 3 nitrogen and oxygen atoms in total. The summed E-state index contributed by atoms with van der Waals surface area (Å²) in [4.78, 5) is 17.7. The van der Waals surface area contributed by atoms with Crippen LogP contribution in [0.25, 0.3) is 0 Å². The molecule has 0 N–H and O–H groups in total. The van der Waals surface area contributed by atoms with E-state index in [9.17, 15) is 4.79 Å². The second kappa shape index (κ2) is 3.99. The van der Waals surface area contributed by atoms with Gasteiger partial charge in [-0.3, -0.25) is 4.79 Å². The normalized spacial score (nSPS) is 44.2. The highest BCUT2D eigenvalue weighted by Gasteiger charge is 2.63. The summed E-state index contributed by atoms with van der Waals surface area (Å²) in [6.07, 6.45) is 11.0. The van der Waals surface area contributed by atoms with Crippen LogP contribution in [0.15, 0.2) is 12.4 Å². The van der Waals surface area contributed by atoms with Gasteiger partial charge in [0, 0.05) is 24.4 Å². The van der Waals surface area contributed by atoms with Crippen LogP contribution in [0.5, 0.6) is 0 Å². The standard InChI is InChI=1S/C18H26N2O/c1-4-20-6-5-19-15(20)14(21)18-9-13-7-16(2,11-18)10-17(3,8-13)12-18/h5-6,13H,4,7-12H2,1-3H3. The molecule has 2 unspecified atom stereocenters. The Morgan fingerprint density at radius 1 is 1.24 bits per heavy atom. The highest BCUT2D eigenvalue weighted by Crippen LogP contribution is 2.70. The minimum absolute atomic E-state index is 0.124. The SMILES string of the molecule is CCn1ccnc1C(=O)C12CC3CC(C)(CC(C)(C3)C1)C2. The Labute approximate surface area is 127 Å². The van der Waals surface area contributed by atoms with Gasteiger partial charge in [-0.15, -0.1) is 0 Å². The maximum absolute atomic E-state index is 13.3. The van der Waals surface area contributed by atoms with Crippen molar-refractivity contribution < 1.29 is 4.79 Å². The number of imidazole rings is 1. The average Bonchev–Trinajstić information content (AvgIpc) is 2.81. The lowest BCUT2D eigenvalue weighted by molar-refractivity contribution is -0.126. The van der Waals surface area contributed by atoms with Gasteiger partial charge in [0.05, 0.1) is 0 Å². The summed E-state index contributed by atoms with van der Waals surface area (Å²) >= 11 is 0. The number of hydrogen-bond donors (Lipinski definition) is 0. The maximum atomic E-state index is 13.3. The molecule has 4 aliphatic rings. The van der Waals surface area contributed by atoms with Crippen molar-refractivity contribution >= 4 is 5.78 Å². The number of carbonyl (C=O) groups excluding carboxylic acids is 1. The molecule has 21 heavy (non-hydrogen) atoms. The van der Waals surface area contributed by atoms with Crippen molar-refractivity contribution in [2.24, 2.45) is 22.2 Å². The smallest absolute Gasteiger partial charge is 0.204 e. The maximum Gasteiger partial charge on any atom is 0.204 e. The molecule has 5 rings (SSSR count). The van der Waals surface area contributed by atoms with Gasteiger partial charge in [0.2, 0.25) is 5.78 Å². The van der Waals surface area contributed by atoms with Crippen molar-refractivity contribution in [3.8, 4) is 0 Å². The molecular formula is C18H26N2O. The molecule has 114 valence electrons. The Bertz CT molecular complexity index is 584. The van der Waals surface area contributed by atoms with E-state index >= 15 is 0 Å². The predicted octanol–water partition coefficient (Wildman–Crippen LogP) is 4.08. The zero-order valence-corrected chi connectivity index (χ0v) is 13.5. The first-order valence-corrected chi connectivity index (χ1v) is 8.43. The average molecular weight is 286 g/mol. The molecular weight excluding hydrogens is 260 g/mol. The molecule has 4 fully saturated rings. The highest BCUT2D eigenvalue weighted by molar-refractivity contribution is 5.98. The van der Waals surface area contributed by atoms with Crippen molar-refractivity contribution in [2.75, 3.05) is 0 Å². The van der Waals surface area contributed by atoms with Crippen molar-refractivity contribution in [2.45, 2.75) is 65.8 Å². The van der Waals surface area contributed by atoms with Gasteiger partial charge in [0.25, 0.3) is 0 Å². The van der Waals surface area contributed by atoms with Crippen LogP contribution in [-0.4, -0.2) is 15.3 Å². The molecule has 0 saturated heterocycles. The first kappa shape index (κ1) is 13.5. The fourth-order valence-corrected chi connectivity index (χ4v) is 6.71. The van der Waals surface area contributed by atoms with Gasteiger partial charge in [-0.05, 0) is 62.2 Å². The van der Waals surface area contributed by atoms with Crippen LogP contribution in [0.4, 0.5) is 0 Å². The number of carbonyl (C=O) groups is 1. The van der Waals surface area contributed by atoms with Crippen molar-refractivity contribution in [1.82, 2.24) is 9.55 Å². The van der Waals surface area contributed by atoms with Gasteiger partial charge >= 0.3 is 0 Å². The van der Waals surface area contributed by atoms with Crippen LogP contribution in [0.2, 0.25) is 0 Å². The number of Topliss-reactive ketones (excluding diaryl/α,β-unsaturated/α-hetero) is 1. The van der Waals surface area contributed by atoms with Gasteiger partial charge in [0.1, 0.15) is 0 Å². The van der Waals surface area contributed by atoms with E-state index in [1.165, 1.54) is 19.3 Å². The summed E-state index contributed by atoms with van der Waals surface area (Å²) in [5.74, 6) is 1.78. The van der Waals surface area contributed by atoms with Gasteiger partial charge in [-0.2, -0.15) is 0 Å². The lowest BCUT2D eigenvalue weighted by Crippen LogP contribution is -2.57. The minimum atomic E-state index is -0.124. The van der Waals surface area contributed by atoms with E-state index in [-0.39, 0.29) is 5.41 Å². The predicted molar refractivity (Wildman–Crippen MR) is 82.1 cm³/mol. The van der Waals surface area contributed by atoms with Crippen LogP contribution in [0.1, 0.15) is 69.9 Å². The van der Waals surface area contributed by atoms with Gasteiger partial charge in [0.15, 0.2) is 5.82 Å². The molecule has 2 atom stereocenters. The monoisotopic (exact) mass is 286 g/mol. The molecule has 4 aliphatic carbocycles. The van der Waals surface area contributed by atoms with Crippen molar-refractivity contribution in [1.29, 1.82) is 0 Å². The van der Waals surface area contributed by atoms with Gasteiger partial charge < -0.3 is 4.57 Å². The summed E-state index contributed by atoms with van der Waals surface area (Å²) in [7, 11) is 0. The Morgan fingerprint density at radius 2 is 1.90 bits per heavy atom. The summed E-state index contributed by atoms with van der Waals surface area (Å²) in [5, 5.41) is 0. The number of aromatic nitrogens is 2.